The van der Waals surface area contributed by atoms with Crippen LogP contribution in [0.3, 0.4) is 0 Å². The zero-order chi connectivity index (χ0) is 11.4. The van der Waals surface area contributed by atoms with E-state index in [1.807, 2.05) is 0 Å². The minimum absolute atomic E-state index is 0.850. The molecule has 0 amide bonds. The largest absolute Gasteiger partial charge is 0.314 e. The van der Waals surface area contributed by atoms with Gasteiger partial charge in [0, 0.05) is 11.3 Å². The van der Waals surface area contributed by atoms with E-state index in [4.69, 9.17) is 0 Å². The lowest BCUT2D eigenvalue weighted by atomic mass is 9.91. The molecule has 1 nitrogen and oxygen atoms in total. The maximum Gasteiger partial charge on any atom is 0.00683 e. The van der Waals surface area contributed by atoms with Crippen LogP contribution in [0.4, 0.5) is 0 Å². The average molecular weight is 241 g/mol. The summed E-state index contributed by atoms with van der Waals surface area (Å²) in [6.45, 7) is 6.05. The molecule has 2 saturated carbocycles. The molecule has 0 aromatic carbocycles. The molecule has 94 valence electrons. The molecule has 1 N–H and O–H groups in total. The minimum Gasteiger partial charge on any atom is -0.314 e. The molecule has 3 unspecified atom stereocenters. The molecule has 2 fully saturated rings. The Morgan fingerprint density at radius 2 is 2.06 bits per heavy atom. The van der Waals surface area contributed by atoms with Gasteiger partial charge in [-0.3, -0.25) is 0 Å². The molecule has 0 heterocycles. The minimum atomic E-state index is 0.850. The molecule has 0 bridgehead atoms. The lowest BCUT2D eigenvalue weighted by molar-refractivity contribution is 0.393. The van der Waals surface area contributed by atoms with E-state index in [9.17, 15) is 0 Å². The van der Waals surface area contributed by atoms with Crippen molar-refractivity contribution in [2.24, 2.45) is 11.8 Å². The molecule has 2 rings (SSSR count). The van der Waals surface area contributed by atoms with Crippen LogP contribution in [-0.4, -0.2) is 23.6 Å². The molecule has 0 spiro atoms. The zero-order valence-corrected chi connectivity index (χ0v) is 11.7. The van der Waals surface area contributed by atoms with E-state index in [-0.39, 0.29) is 0 Å². The summed E-state index contributed by atoms with van der Waals surface area (Å²) in [7, 11) is 0. The highest BCUT2D eigenvalue weighted by Gasteiger charge is 2.22. The van der Waals surface area contributed by atoms with E-state index >= 15 is 0 Å². The lowest BCUT2D eigenvalue weighted by Crippen LogP contribution is -2.25. The van der Waals surface area contributed by atoms with Gasteiger partial charge in [-0.25, -0.2) is 0 Å². The summed E-state index contributed by atoms with van der Waals surface area (Å²) in [4.78, 5) is 0. The van der Waals surface area contributed by atoms with Crippen molar-refractivity contribution in [1.29, 1.82) is 0 Å². The van der Waals surface area contributed by atoms with Crippen LogP contribution >= 0.6 is 11.8 Å². The normalized spacial score (nSPS) is 32.6. The first kappa shape index (κ1) is 12.8. The van der Waals surface area contributed by atoms with Gasteiger partial charge < -0.3 is 5.32 Å². The number of hydrogen-bond donors (Lipinski definition) is 1. The molecule has 0 aromatic rings. The first-order valence-corrected chi connectivity index (χ1v) is 8.14. The number of hydrogen-bond acceptors (Lipinski definition) is 2. The van der Waals surface area contributed by atoms with Crippen LogP contribution < -0.4 is 5.32 Å². The average Bonchev–Trinajstić information content (AvgIpc) is 3.07. The summed E-state index contributed by atoms with van der Waals surface area (Å²) in [6, 6.07) is 0.877. The summed E-state index contributed by atoms with van der Waals surface area (Å²) in [5, 5.41) is 4.60. The summed E-state index contributed by atoms with van der Waals surface area (Å²) < 4.78 is 0. The predicted octanol–water partition coefficient (Wildman–Crippen LogP) is 3.69. The van der Waals surface area contributed by atoms with Gasteiger partial charge in [-0.05, 0) is 49.8 Å². The monoisotopic (exact) mass is 241 g/mol. The summed E-state index contributed by atoms with van der Waals surface area (Å²) >= 11 is 2.24. The van der Waals surface area contributed by atoms with E-state index in [0.717, 1.165) is 23.1 Å². The maximum absolute atomic E-state index is 3.64. The van der Waals surface area contributed by atoms with Crippen LogP contribution in [0.15, 0.2) is 0 Å². The van der Waals surface area contributed by atoms with Crippen molar-refractivity contribution in [3.8, 4) is 0 Å². The van der Waals surface area contributed by atoms with Crippen LogP contribution in [0.2, 0.25) is 0 Å². The second kappa shape index (κ2) is 6.30. The highest BCUT2D eigenvalue weighted by Crippen LogP contribution is 2.32. The molecule has 0 aliphatic heterocycles. The fraction of sp³-hybridized carbons (Fsp3) is 1.00. The smallest absolute Gasteiger partial charge is 0.00683 e. The third-order valence-electron chi connectivity index (χ3n) is 3.84. The Balaban J connectivity index is 1.54. The van der Waals surface area contributed by atoms with Gasteiger partial charge in [0.15, 0.2) is 0 Å². The Morgan fingerprint density at radius 1 is 1.25 bits per heavy atom. The van der Waals surface area contributed by atoms with E-state index in [0.29, 0.717) is 0 Å². The van der Waals surface area contributed by atoms with Gasteiger partial charge in [0.2, 0.25) is 0 Å². The van der Waals surface area contributed by atoms with Gasteiger partial charge >= 0.3 is 0 Å². The molecule has 2 aliphatic rings. The van der Waals surface area contributed by atoms with Crippen LogP contribution in [0.25, 0.3) is 0 Å². The fourth-order valence-corrected chi connectivity index (χ4v) is 4.06. The number of rotatable bonds is 6. The Labute approximate surface area is 105 Å². The topological polar surface area (TPSA) is 12.0 Å². The van der Waals surface area contributed by atoms with Crippen LogP contribution in [0, 0.1) is 11.8 Å². The van der Waals surface area contributed by atoms with Crippen molar-refractivity contribution >= 4 is 11.8 Å². The van der Waals surface area contributed by atoms with Crippen LogP contribution in [0.1, 0.15) is 52.4 Å². The Bertz CT molecular complexity index is 203. The molecule has 2 heteroatoms. The summed E-state index contributed by atoms with van der Waals surface area (Å²) in [5.74, 6) is 3.19. The number of nitrogens with one attached hydrogen (secondary N) is 1. The number of thioether (sulfide) groups is 1. The fourth-order valence-electron chi connectivity index (χ4n) is 2.54. The van der Waals surface area contributed by atoms with Crippen molar-refractivity contribution in [2.45, 2.75) is 63.7 Å². The Morgan fingerprint density at radius 3 is 2.75 bits per heavy atom. The van der Waals surface area contributed by atoms with E-state index in [1.165, 1.54) is 50.8 Å². The highest BCUT2D eigenvalue weighted by atomic mass is 32.2. The van der Waals surface area contributed by atoms with Gasteiger partial charge in [0.1, 0.15) is 0 Å². The van der Waals surface area contributed by atoms with Gasteiger partial charge in [-0.1, -0.05) is 26.7 Å². The van der Waals surface area contributed by atoms with Gasteiger partial charge in [0.05, 0.1) is 0 Å². The summed E-state index contributed by atoms with van der Waals surface area (Å²) in [6.07, 6.45) is 8.70. The van der Waals surface area contributed by atoms with Gasteiger partial charge in [-0.15, -0.1) is 0 Å². The SMILES string of the molecule is CC(CNC1CC1)CSC1CCCC(C)C1. The molecule has 0 radical (unpaired) electrons. The van der Waals surface area contributed by atoms with Crippen molar-refractivity contribution in [3.05, 3.63) is 0 Å². The van der Waals surface area contributed by atoms with Crippen molar-refractivity contribution < 1.29 is 0 Å². The second-order valence-corrected chi connectivity index (χ2v) is 7.35. The first-order chi connectivity index (χ1) is 7.74. The standard InChI is InChI=1S/C14H27NS/c1-11-4-3-5-14(8-11)16-10-12(2)9-15-13-6-7-13/h11-15H,3-10H2,1-2H3. The Kier molecular flexibility index (Phi) is 5.02. The third kappa shape index (κ3) is 4.67. The Hall–Kier alpha value is 0.310. The van der Waals surface area contributed by atoms with E-state index in [2.05, 4.69) is 30.9 Å². The van der Waals surface area contributed by atoms with Gasteiger partial charge in [0.25, 0.3) is 0 Å². The van der Waals surface area contributed by atoms with Crippen LogP contribution in [-0.2, 0) is 0 Å². The second-order valence-electron chi connectivity index (χ2n) is 6.01. The van der Waals surface area contributed by atoms with Crippen molar-refractivity contribution in [3.63, 3.8) is 0 Å². The molecule has 0 saturated heterocycles. The summed E-state index contributed by atoms with van der Waals surface area (Å²) in [5.41, 5.74) is 0. The third-order valence-corrected chi connectivity index (χ3v) is 5.50. The lowest BCUT2D eigenvalue weighted by Gasteiger charge is -2.27. The van der Waals surface area contributed by atoms with Crippen molar-refractivity contribution in [2.75, 3.05) is 12.3 Å². The van der Waals surface area contributed by atoms with Gasteiger partial charge in [-0.2, -0.15) is 11.8 Å². The molecule has 2 aliphatic carbocycles. The quantitative estimate of drug-likeness (QED) is 0.761. The molecule has 3 atom stereocenters. The van der Waals surface area contributed by atoms with E-state index < -0.39 is 0 Å². The predicted molar refractivity (Wildman–Crippen MR) is 74.1 cm³/mol. The van der Waals surface area contributed by atoms with Crippen LogP contribution in [0.5, 0.6) is 0 Å². The first-order valence-electron chi connectivity index (χ1n) is 7.09. The molecular formula is C14H27NS. The van der Waals surface area contributed by atoms with E-state index in [1.54, 1.807) is 0 Å². The van der Waals surface area contributed by atoms with Crippen molar-refractivity contribution in [1.82, 2.24) is 5.32 Å². The molecule has 0 aromatic heterocycles. The molecule has 16 heavy (non-hydrogen) atoms. The highest BCUT2D eigenvalue weighted by molar-refractivity contribution is 7.99. The molecular weight excluding hydrogens is 214 g/mol. The zero-order valence-electron chi connectivity index (χ0n) is 10.9. The maximum atomic E-state index is 3.64.